The van der Waals surface area contributed by atoms with E-state index < -0.39 is 23.6 Å². The molecule has 0 aromatic heterocycles. The fourth-order valence-corrected chi connectivity index (χ4v) is 1.88. The highest BCUT2D eigenvalue weighted by atomic mass is 19.4. The lowest BCUT2D eigenvalue weighted by Gasteiger charge is -2.12. The van der Waals surface area contributed by atoms with Gasteiger partial charge in [0.1, 0.15) is 0 Å². The normalized spacial score (nSPS) is 11.0. The Morgan fingerprint density at radius 2 is 1.64 bits per heavy atom. The molecule has 2 aromatic rings. The lowest BCUT2D eigenvalue weighted by Crippen LogP contribution is -2.14. The van der Waals surface area contributed by atoms with E-state index in [4.69, 9.17) is 5.11 Å². The highest BCUT2D eigenvalue weighted by Gasteiger charge is 2.32. The Balaban J connectivity index is 2.54. The second kappa shape index (κ2) is 5.88. The molecule has 2 rings (SSSR count). The third-order valence-electron chi connectivity index (χ3n) is 2.87. The van der Waals surface area contributed by atoms with Gasteiger partial charge in [-0.05, 0) is 18.2 Å². The summed E-state index contributed by atoms with van der Waals surface area (Å²) in [6.07, 6.45) is -6.10. The number of hydrogen-bond donors (Lipinski definition) is 2. The molecule has 0 heterocycles. The van der Waals surface area contributed by atoms with Crippen LogP contribution in [0.1, 0.15) is 21.5 Å². The van der Waals surface area contributed by atoms with Crippen molar-refractivity contribution in [2.45, 2.75) is 6.18 Å². The maximum atomic E-state index is 12.8. The number of carbonyl (C=O) groups excluding carboxylic acids is 1. The molecule has 0 aliphatic heterocycles. The summed E-state index contributed by atoms with van der Waals surface area (Å²) in [4.78, 5) is 23.0. The standard InChI is InChI=1S/C15H10F3NO3/c16-15(17,18)10-6-7-12(19-14(21)22)11(8-10)13(20)9-4-2-1-3-5-9/h1-8,19H,(H,21,22). The van der Waals surface area contributed by atoms with Gasteiger partial charge in [-0.25, -0.2) is 4.79 Å². The summed E-state index contributed by atoms with van der Waals surface area (Å²) in [6, 6.07) is 9.93. The van der Waals surface area contributed by atoms with E-state index in [2.05, 4.69) is 0 Å². The summed E-state index contributed by atoms with van der Waals surface area (Å²) < 4.78 is 38.3. The van der Waals surface area contributed by atoms with E-state index in [1.54, 1.807) is 18.2 Å². The van der Waals surface area contributed by atoms with Crippen molar-refractivity contribution in [1.82, 2.24) is 0 Å². The average molecular weight is 309 g/mol. The predicted molar refractivity (Wildman–Crippen MR) is 73.0 cm³/mol. The van der Waals surface area contributed by atoms with Gasteiger partial charge in [0.15, 0.2) is 5.78 Å². The number of carbonyl (C=O) groups is 2. The van der Waals surface area contributed by atoms with Crippen molar-refractivity contribution in [2.24, 2.45) is 0 Å². The van der Waals surface area contributed by atoms with Gasteiger partial charge in [0.2, 0.25) is 0 Å². The van der Waals surface area contributed by atoms with Gasteiger partial charge in [-0.15, -0.1) is 0 Å². The molecular formula is C15H10F3NO3. The largest absolute Gasteiger partial charge is 0.465 e. The number of ketones is 1. The van der Waals surface area contributed by atoms with E-state index in [1.807, 2.05) is 5.32 Å². The van der Waals surface area contributed by atoms with Crippen molar-refractivity contribution in [3.8, 4) is 0 Å². The Morgan fingerprint density at radius 3 is 2.18 bits per heavy atom. The van der Waals surface area contributed by atoms with Crippen molar-refractivity contribution in [3.05, 3.63) is 65.2 Å². The number of anilines is 1. The number of hydrogen-bond acceptors (Lipinski definition) is 2. The summed E-state index contributed by atoms with van der Waals surface area (Å²) in [5.74, 6) is -0.699. The van der Waals surface area contributed by atoms with Crippen molar-refractivity contribution in [1.29, 1.82) is 0 Å². The predicted octanol–water partition coefficient (Wildman–Crippen LogP) is 4.03. The maximum Gasteiger partial charge on any atom is 0.416 e. The van der Waals surface area contributed by atoms with Crippen LogP contribution in [-0.4, -0.2) is 17.0 Å². The number of nitrogens with one attached hydrogen (secondary N) is 1. The minimum atomic E-state index is -4.63. The first kappa shape index (κ1) is 15.6. The highest BCUT2D eigenvalue weighted by molar-refractivity contribution is 6.13. The van der Waals surface area contributed by atoms with Gasteiger partial charge in [0, 0.05) is 11.1 Å². The van der Waals surface area contributed by atoms with E-state index in [0.29, 0.717) is 12.1 Å². The molecule has 0 spiro atoms. The molecule has 0 unspecified atom stereocenters. The van der Waals surface area contributed by atoms with Crippen molar-refractivity contribution in [2.75, 3.05) is 5.32 Å². The van der Waals surface area contributed by atoms with E-state index in [1.165, 1.54) is 12.1 Å². The summed E-state index contributed by atoms with van der Waals surface area (Å²) in [6.45, 7) is 0. The quantitative estimate of drug-likeness (QED) is 0.841. The van der Waals surface area contributed by atoms with Crippen LogP contribution in [0.2, 0.25) is 0 Å². The lowest BCUT2D eigenvalue weighted by molar-refractivity contribution is -0.137. The van der Waals surface area contributed by atoms with E-state index in [0.717, 1.165) is 6.07 Å². The number of carboxylic acid groups (broad SMARTS) is 1. The van der Waals surface area contributed by atoms with Crippen molar-refractivity contribution in [3.63, 3.8) is 0 Å². The molecule has 0 aliphatic carbocycles. The number of benzene rings is 2. The number of amides is 1. The van der Waals surface area contributed by atoms with Gasteiger partial charge in [-0.3, -0.25) is 10.1 Å². The van der Waals surface area contributed by atoms with E-state index >= 15 is 0 Å². The van der Waals surface area contributed by atoms with E-state index in [9.17, 15) is 22.8 Å². The summed E-state index contributed by atoms with van der Waals surface area (Å²) >= 11 is 0. The van der Waals surface area contributed by atoms with Crippen LogP contribution in [0.4, 0.5) is 23.7 Å². The first-order valence-corrected chi connectivity index (χ1v) is 6.10. The molecule has 1 amide bonds. The van der Waals surface area contributed by atoms with Gasteiger partial charge < -0.3 is 5.11 Å². The SMILES string of the molecule is O=C(O)Nc1ccc(C(F)(F)F)cc1C(=O)c1ccccc1. The second-order valence-electron chi connectivity index (χ2n) is 4.38. The van der Waals surface area contributed by atoms with Crippen LogP contribution in [0.15, 0.2) is 48.5 Å². The van der Waals surface area contributed by atoms with Crippen LogP contribution in [0.5, 0.6) is 0 Å². The molecule has 0 aliphatic rings. The Kier molecular flexibility index (Phi) is 4.16. The minimum Gasteiger partial charge on any atom is -0.465 e. The fourth-order valence-electron chi connectivity index (χ4n) is 1.88. The molecule has 4 nitrogen and oxygen atoms in total. The maximum absolute atomic E-state index is 12.8. The van der Waals surface area contributed by atoms with Crippen LogP contribution >= 0.6 is 0 Å². The molecule has 7 heteroatoms. The van der Waals surface area contributed by atoms with Gasteiger partial charge in [-0.1, -0.05) is 30.3 Å². The molecule has 0 radical (unpaired) electrons. The third-order valence-corrected chi connectivity index (χ3v) is 2.87. The average Bonchev–Trinajstić information content (AvgIpc) is 2.46. The topological polar surface area (TPSA) is 66.4 Å². The molecule has 0 saturated heterocycles. The van der Waals surface area contributed by atoms with Gasteiger partial charge in [-0.2, -0.15) is 13.2 Å². The molecule has 0 bridgehead atoms. The second-order valence-corrected chi connectivity index (χ2v) is 4.38. The molecule has 2 aromatic carbocycles. The lowest BCUT2D eigenvalue weighted by atomic mass is 9.99. The van der Waals surface area contributed by atoms with Gasteiger partial charge in [0.05, 0.1) is 11.3 Å². The minimum absolute atomic E-state index is 0.162. The zero-order chi connectivity index (χ0) is 16.3. The molecule has 0 atom stereocenters. The van der Waals surface area contributed by atoms with Crippen LogP contribution in [0, 0.1) is 0 Å². The Bertz CT molecular complexity index is 712. The Morgan fingerprint density at radius 1 is 1.00 bits per heavy atom. The van der Waals surface area contributed by atoms with Crippen molar-refractivity contribution < 1.29 is 27.9 Å². The van der Waals surface area contributed by atoms with Gasteiger partial charge >= 0.3 is 12.3 Å². The number of halogens is 3. The Hall–Kier alpha value is -2.83. The summed E-state index contributed by atoms with van der Waals surface area (Å²) in [5.41, 5.74) is -1.42. The zero-order valence-electron chi connectivity index (χ0n) is 11.0. The highest BCUT2D eigenvalue weighted by Crippen LogP contribution is 2.32. The summed E-state index contributed by atoms with van der Waals surface area (Å²) in [5, 5.41) is 10.7. The first-order chi connectivity index (χ1) is 10.3. The van der Waals surface area contributed by atoms with Crippen LogP contribution in [-0.2, 0) is 6.18 Å². The number of rotatable bonds is 3. The molecule has 114 valence electrons. The Labute approximate surface area is 123 Å². The van der Waals surface area contributed by atoms with Crippen molar-refractivity contribution >= 4 is 17.6 Å². The zero-order valence-corrected chi connectivity index (χ0v) is 11.0. The summed E-state index contributed by atoms with van der Waals surface area (Å²) in [7, 11) is 0. The monoisotopic (exact) mass is 309 g/mol. The third kappa shape index (κ3) is 3.43. The van der Waals surface area contributed by atoms with Crippen LogP contribution < -0.4 is 5.32 Å². The molecular weight excluding hydrogens is 299 g/mol. The molecule has 0 saturated carbocycles. The number of alkyl halides is 3. The fraction of sp³-hybridized carbons (Fsp3) is 0.0667. The first-order valence-electron chi connectivity index (χ1n) is 6.10. The molecule has 2 N–H and O–H groups in total. The van der Waals surface area contributed by atoms with Crippen LogP contribution in [0.25, 0.3) is 0 Å². The molecule has 0 fully saturated rings. The molecule has 22 heavy (non-hydrogen) atoms. The van der Waals surface area contributed by atoms with E-state index in [-0.39, 0.29) is 16.8 Å². The smallest absolute Gasteiger partial charge is 0.416 e. The van der Waals surface area contributed by atoms with Crippen LogP contribution in [0.3, 0.4) is 0 Å². The van der Waals surface area contributed by atoms with Gasteiger partial charge in [0.25, 0.3) is 0 Å².